The van der Waals surface area contributed by atoms with Gasteiger partial charge in [0.2, 0.25) is 0 Å². The lowest BCUT2D eigenvalue weighted by atomic mass is 10.0. The van der Waals surface area contributed by atoms with Gasteiger partial charge in [-0.15, -0.1) is 5.10 Å². The van der Waals surface area contributed by atoms with Crippen molar-refractivity contribution in [3.63, 3.8) is 0 Å². The molecule has 0 bridgehead atoms. The molecule has 0 atom stereocenters. The third kappa shape index (κ3) is 4.67. The first-order chi connectivity index (χ1) is 15.4. The van der Waals surface area contributed by atoms with Crippen LogP contribution in [0.2, 0.25) is 0 Å². The lowest BCUT2D eigenvalue weighted by Gasteiger charge is -2.13. The Balaban J connectivity index is 1.74. The highest BCUT2D eigenvalue weighted by Gasteiger charge is 2.37. The molecule has 1 amide bonds. The first kappa shape index (κ1) is 22.3. The van der Waals surface area contributed by atoms with Crippen molar-refractivity contribution in [3.8, 4) is 11.4 Å². The third-order valence-electron chi connectivity index (χ3n) is 4.80. The molecule has 172 valence electrons. The number of rotatable bonds is 4. The number of amides is 1. The second kappa shape index (κ2) is 7.92. The predicted octanol–water partition coefficient (Wildman–Crippen LogP) is 3.90. The van der Waals surface area contributed by atoms with E-state index in [0.29, 0.717) is 24.2 Å². The monoisotopic (exact) mass is 468 g/mol. The quantitative estimate of drug-likeness (QED) is 0.399. The van der Waals surface area contributed by atoms with Crippen LogP contribution in [0.5, 0.6) is 0 Å². The Hall–Kier alpha value is -3.87. The molecule has 0 saturated heterocycles. The zero-order valence-electron chi connectivity index (χ0n) is 16.4. The van der Waals surface area contributed by atoms with Gasteiger partial charge >= 0.3 is 12.4 Å². The SMILES string of the molecule is NC(=O)/C(=C/n1cnc(-c2cc(C(F)(F)F)cc(C(F)(F)F)c2)n1)c1ccc2c(c1)NNC2. The van der Waals surface area contributed by atoms with Crippen molar-refractivity contribution < 1.29 is 31.1 Å². The first-order valence-electron chi connectivity index (χ1n) is 9.26. The van der Waals surface area contributed by atoms with Crippen molar-refractivity contribution in [1.29, 1.82) is 0 Å². The van der Waals surface area contributed by atoms with Crippen LogP contribution in [0.4, 0.5) is 32.0 Å². The van der Waals surface area contributed by atoms with Gasteiger partial charge in [0.1, 0.15) is 6.33 Å². The normalized spacial score (nSPS) is 14.2. The fourth-order valence-corrected chi connectivity index (χ4v) is 3.22. The summed E-state index contributed by atoms with van der Waals surface area (Å²) < 4.78 is 79.7. The third-order valence-corrected chi connectivity index (χ3v) is 4.80. The van der Waals surface area contributed by atoms with Gasteiger partial charge in [-0.25, -0.2) is 15.1 Å². The molecule has 33 heavy (non-hydrogen) atoms. The van der Waals surface area contributed by atoms with Gasteiger partial charge in [-0.05, 0) is 35.4 Å². The molecule has 1 aliphatic rings. The summed E-state index contributed by atoms with van der Waals surface area (Å²) >= 11 is 0. The van der Waals surface area contributed by atoms with Crippen molar-refractivity contribution >= 4 is 23.4 Å². The molecule has 0 saturated carbocycles. The molecule has 0 radical (unpaired) electrons. The lowest BCUT2D eigenvalue weighted by molar-refractivity contribution is -0.143. The van der Waals surface area contributed by atoms with Gasteiger partial charge in [0.05, 0.1) is 22.4 Å². The van der Waals surface area contributed by atoms with Crippen LogP contribution in [-0.2, 0) is 23.7 Å². The Morgan fingerprint density at radius 1 is 1.03 bits per heavy atom. The van der Waals surface area contributed by atoms with Crippen LogP contribution in [0.1, 0.15) is 22.3 Å². The Morgan fingerprint density at radius 2 is 1.70 bits per heavy atom. The molecule has 0 aliphatic carbocycles. The maximum atomic E-state index is 13.1. The molecule has 2 aromatic carbocycles. The molecule has 13 heteroatoms. The number of hydrogen-bond donors (Lipinski definition) is 3. The standard InChI is InChI=1S/C20H14F6N6O/c21-19(22,23)13-3-12(4-14(6-13)20(24,25)26)18-28-9-32(31-18)8-15(17(27)33)10-1-2-11-7-29-30-16(11)5-10/h1-6,8-9,29-30H,7H2,(H2,27,33)/b15-8+. The van der Waals surface area contributed by atoms with Crippen LogP contribution < -0.4 is 16.6 Å². The second-order valence-corrected chi connectivity index (χ2v) is 7.10. The number of aromatic nitrogens is 3. The Labute approximate surface area is 181 Å². The smallest absolute Gasteiger partial charge is 0.366 e. The van der Waals surface area contributed by atoms with Gasteiger partial charge in [0.15, 0.2) is 5.82 Å². The fraction of sp³-hybridized carbons (Fsp3) is 0.150. The minimum atomic E-state index is -5.01. The molecule has 4 rings (SSSR count). The maximum absolute atomic E-state index is 13.1. The van der Waals surface area contributed by atoms with Gasteiger partial charge in [-0.1, -0.05) is 12.1 Å². The summed E-state index contributed by atoms with van der Waals surface area (Å²) in [6, 6.07) is 6.13. The minimum Gasteiger partial charge on any atom is -0.366 e. The molecule has 0 unspecified atom stereocenters. The van der Waals surface area contributed by atoms with E-state index in [1.165, 1.54) is 6.20 Å². The zero-order valence-corrected chi connectivity index (χ0v) is 16.4. The van der Waals surface area contributed by atoms with Gasteiger partial charge in [-0.2, -0.15) is 26.3 Å². The number of nitrogens with zero attached hydrogens (tertiary/aromatic N) is 3. The Kier molecular flexibility index (Phi) is 5.36. The maximum Gasteiger partial charge on any atom is 0.416 e. The topological polar surface area (TPSA) is 97.9 Å². The number of hydrogen-bond acceptors (Lipinski definition) is 5. The van der Waals surface area contributed by atoms with Crippen LogP contribution in [0.3, 0.4) is 0 Å². The number of anilines is 1. The lowest BCUT2D eigenvalue weighted by Crippen LogP contribution is -2.14. The summed E-state index contributed by atoms with van der Waals surface area (Å²) in [6.45, 7) is 0.578. The van der Waals surface area contributed by atoms with Crippen molar-refractivity contribution in [2.75, 3.05) is 5.43 Å². The van der Waals surface area contributed by atoms with Crippen LogP contribution in [-0.4, -0.2) is 20.7 Å². The number of carbonyl (C=O) groups excluding carboxylic acids is 1. The van der Waals surface area contributed by atoms with E-state index in [9.17, 15) is 31.1 Å². The molecule has 3 aromatic rings. The van der Waals surface area contributed by atoms with Gasteiger partial charge < -0.3 is 11.2 Å². The molecule has 0 fully saturated rings. The number of nitrogens with one attached hydrogen (secondary N) is 2. The summed E-state index contributed by atoms with van der Waals surface area (Å²) in [5.41, 5.74) is 9.92. The van der Waals surface area contributed by atoms with Gasteiger partial charge in [0.25, 0.3) is 5.91 Å². The highest BCUT2D eigenvalue weighted by molar-refractivity contribution is 6.22. The molecule has 4 N–H and O–H groups in total. The highest BCUT2D eigenvalue weighted by Crippen LogP contribution is 2.38. The molecule has 1 aromatic heterocycles. The number of hydrazine groups is 1. The minimum absolute atomic E-state index is 0.00275. The summed E-state index contributed by atoms with van der Waals surface area (Å²) in [5.74, 6) is -1.22. The molecular weight excluding hydrogens is 454 g/mol. The summed E-state index contributed by atoms with van der Waals surface area (Å²) in [4.78, 5) is 15.8. The first-order valence-corrected chi connectivity index (χ1v) is 9.26. The van der Waals surface area contributed by atoms with E-state index in [1.807, 2.05) is 0 Å². The number of nitrogens with two attached hydrogens (primary N) is 1. The number of carbonyl (C=O) groups is 1. The van der Waals surface area contributed by atoms with Crippen molar-refractivity contribution in [2.45, 2.75) is 18.9 Å². The number of primary amides is 1. The summed E-state index contributed by atoms with van der Waals surface area (Å²) in [7, 11) is 0. The number of alkyl halides is 6. The van der Waals surface area contributed by atoms with Crippen molar-refractivity contribution in [3.05, 3.63) is 65.0 Å². The largest absolute Gasteiger partial charge is 0.416 e. The van der Waals surface area contributed by atoms with Crippen LogP contribution in [0, 0.1) is 0 Å². The number of halogens is 6. The van der Waals surface area contributed by atoms with E-state index in [2.05, 4.69) is 20.9 Å². The van der Waals surface area contributed by atoms with E-state index >= 15 is 0 Å². The average molecular weight is 468 g/mol. The molecule has 0 spiro atoms. The molecule has 7 nitrogen and oxygen atoms in total. The predicted molar refractivity (Wildman–Crippen MR) is 106 cm³/mol. The average Bonchev–Trinajstić information content (AvgIpc) is 3.39. The van der Waals surface area contributed by atoms with E-state index < -0.39 is 40.8 Å². The van der Waals surface area contributed by atoms with E-state index in [4.69, 9.17) is 5.73 Å². The van der Waals surface area contributed by atoms with E-state index in [0.717, 1.165) is 22.3 Å². The number of fused-ring (bicyclic) bond motifs is 1. The second-order valence-electron chi connectivity index (χ2n) is 7.10. The van der Waals surface area contributed by atoms with E-state index in [1.54, 1.807) is 18.2 Å². The Morgan fingerprint density at radius 3 is 2.30 bits per heavy atom. The van der Waals surface area contributed by atoms with Gasteiger partial charge in [0, 0.05) is 18.3 Å². The summed E-state index contributed by atoms with van der Waals surface area (Å²) in [5, 5.41) is 3.91. The van der Waals surface area contributed by atoms with E-state index in [-0.39, 0.29) is 11.6 Å². The van der Waals surface area contributed by atoms with Crippen LogP contribution in [0.15, 0.2) is 42.7 Å². The highest BCUT2D eigenvalue weighted by atomic mass is 19.4. The fourth-order valence-electron chi connectivity index (χ4n) is 3.22. The Bertz CT molecular complexity index is 1230. The number of benzene rings is 2. The van der Waals surface area contributed by atoms with Crippen molar-refractivity contribution in [1.82, 2.24) is 20.2 Å². The van der Waals surface area contributed by atoms with Crippen molar-refractivity contribution in [2.24, 2.45) is 5.73 Å². The zero-order chi connectivity index (χ0) is 24.0. The summed E-state index contributed by atoms with van der Waals surface area (Å²) in [6.07, 6.45) is -7.79. The van der Waals surface area contributed by atoms with Crippen LogP contribution >= 0.6 is 0 Å². The molecule has 1 aliphatic heterocycles. The van der Waals surface area contributed by atoms with Gasteiger partial charge in [-0.3, -0.25) is 4.79 Å². The van der Waals surface area contributed by atoms with Crippen LogP contribution in [0.25, 0.3) is 23.2 Å². The molecule has 2 heterocycles. The molecular formula is C20H14F6N6O.